The summed E-state index contributed by atoms with van der Waals surface area (Å²) in [5.74, 6) is 3.23. The van der Waals surface area contributed by atoms with Gasteiger partial charge >= 0.3 is 0 Å². The van der Waals surface area contributed by atoms with Crippen LogP contribution in [0.4, 0.5) is 0 Å². The van der Waals surface area contributed by atoms with Crippen molar-refractivity contribution in [1.82, 2.24) is 0 Å². The highest BCUT2D eigenvalue weighted by atomic mass is 79.9. The number of hydrogen-bond donors (Lipinski definition) is 1. The summed E-state index contributed by atoms with van der Waals surface area (Å²) in [6, 6.07) is 0. The SMILES string of the molecule is CC12CCC3C4CCC(O)CC4C(=O)CC3C1CCC2C(=O)CBr. The van der Waals surface area contributed by atoms with Crippen LogP contribution in [0.2, 0.25) is 0 Å². The van der Waals surface area contributed by atoms with E-state index < -0.39 is 0 Å². The maximum absolute atomic E-state index is 12.8. The molecule has 4 fully saturated rings. The Kier molecular flexibility index (Phi) is 4.44. The quantitative estimate of drug-likeness (QED) is 0.722. The summed E-state index contributed by atoms with van der Waals surface area (Å²) in [6.07, 6.45) is 7.46. The van der Waals surface area contributed by atoms with Crippen molar-refractivity contribution in [2.45, 2.75) is 64.4 Å². The molecule has 0 amide bonds. The van der Waals surface area contributed by atoms with Gasteiger partial charge in [-0.05, 0) is 74.0 Å². The van der Waals surface area contributed by atoms with Gasteiger partial charge in [0.15, 0.2) is 0 Å². The fourth-order valence-corrected chi connectivity index (χ4v) is 7.59. The van der Waals surface area contributed by atoms with Crippen LogP contribution in [0.15, 0.2) is 0 Å². The maximum Gasteiger partial charge on any atom is 0.147 e. The third kappa shape index (κ3) is 2.46. The van der Waals surface area contributed by atoms with Gasteiger partial charge in [0, 0.05) is 18.3 Å². The molecule has 3 nitrogen and oxygen atoms in total. The number of ketones is 2. The van der Waals surface area contributed by atoms with Gasteiger partial charge in [0.25, 0.3) is 0 Å². The van der Waals surface area contributed by atoms with Crippen molar-refractivity contribution in [2.24, 2.45) is 40.9 Å². The van der Waals surface area contributed by atoms with Crippen molar-refractivity contribution >= 4 is 27.5 Å². The minimum absolute atomic E-state index is 0.104. The van der Waals surface area contributed by atoms with Crippen LogP contribution in [0, 0.1) is 40.9 Å². The molecule has 0 radical (unpaired) electrons. The van der Waals surface area contributed by atoms with Gasteiger partial charge in [-0.15, -0.1) is 0 Å². The van der Waals surface area contributed by atoms with Gasteiger partial charge in [0.05, 0.1) is 11.4 Å². The number of carbonyl (C=O) groups excluding carboxylic acids is 2. The van der Waals surface area contributed by atoms with E-state index in [2.05, 4.69) is 22.9 Å². The number of halogens is 1. The van der Waals surface area contributed by atoms with Gasteiger partial charge in [-0.1, -0.05) is 22.9 Å². The Morgan fingerprint density at radius 2 is 1.96 bits per heavy atom. The highest BCUT2D eigenvalue weighted by Gasteiger charge is 2.59. The molecule has 0 saturated heterocycles. The van der Waals surface area contributed by atoms with Crippen LogP contribution in [0.1, 0.15) is 58.3 Å². The average Bonchev–Trinajstić information content (AvgIpc) is 2.92. The Labute approximate surface area is 153 Å². The van der Waals surface area contributed by atoms with Crippen molar-refractivity contribution in [3.8, 4) is 0 Å². The first-order valence-electron chi connectivity index (χ1n) is 9.75. The van der Waals surface area contributed by atoms with Crippen molar-refractivity contribution in [3.63, 3.8) is 0 Å². The van der Waals surface area contributed by atoms with Gasteiger partial charge in [-0.2, -0.15) is 0 Å². The molecule has 0 heterocycles. The number of aliphatic hydroxyl groups excluding tert-OH is 1. The molecule has 0 bridgehead atoms. The maximum atomic E-state index is 12.8. The van der Waals surface area contributed by atoms with E-state index in [4.69, 9.17) is 0 Å². The topological polar surface area (TPSA) is 54.4 Å². The predicted octanol–water partition coefficient (Wildman–Crippen LogP) is 3.76. The standard InChI is InChI=1S/C20H29BrO3/c1-20-7-6-13-12-3-2-11(22)8-15(12)18(23)9-14(13)16(20)4-5-17(20)19(24)10-21/h11-17,22H,2-10H2,1H3. The molecule has 4 aliphatic rings. The molecule has 1 N–H and O–H groups in total. The van der Waals surface area contributed by atoms with E-state index in [1.54, 1.807) is 0 Å². The molecular weight excluding hydrogens is 368 g/mol. The van der Waals surface area contributed by atoms with Crippen LogP contribution >= 0.6 is 15.9 Å². The van der Waals surface area contributed by atoms with Gasteiger partial charge in [-0.25, -0.2) is 0 Å². The summed E-state index contributed by atoms with van der Waals surface area (Å²) in [6.45, 7) is 2.33. The number of fused-ring (bicyclic) bond motifs is 5. The molecule has 4 aliphatic carbocycles. The van der Waals surface area contributed by atoms with E-state index in [-0.39, 0.29) is 23.4 Å². The number of alkyl halides is 1. The molecule has 0 aliphatic heterocycles. The third-order valence-corrected chi connectivity index (χ3v) is 8.84. The minimum atomic E-state index is -0.270. The van der Waals surface area contributed by atoms with Gasteiger partial charge in [0.2, 0.25) is 0 Å². The van der Waals surface area contributed by atoms with Crippen molar-refractivity contribution in [2.75, 3.05) is 5.33 Å². The van der Waals surface area contributed by atoms with Crippen LogP contribution < -0.4 is 0 Å². The lowest BCUT2D eigenvalue weighted by Crippen LogP contribution is -2.52. The first-order valence-corrected chi connectivity index (χ1v) is 10.9. The van der Waals surface area contributed by atoms with Crippen LogP contribution in [0.25, 0.3) is 0 Å². The lowest BCUT2D eigenvalue weighted by Gasteiger charge is -2.55. The van der Waals surface area contributed by atoms with Crippen LogP contribution in [-0.4, -0.2) is 28.1 Å². The second-order valence-electron chi connectivity index (χ2n) is 9.12. The molecular formula is C20H29BrO3. The van der Waals surface area contributed by atoms with E-state index in [9.17, 15) is 14.7 Å². The molecule has 4 saturated carbocycles. The zero-order valence-corrected chi connectivity index (χ0v) is 16.1. The molecule has 0 aromatic rings. The van der Waals surface area contributed by atoms with Gasteiger partial charge in [-0.3, -0.25) is 9.59 Å². The minimum Gasteiger partial charge on any atom is -0.393 e. The molecule has 134 valence electrons. The summed E-state index contributed by atoms with van der Waals surface area (Å²) >= 11 is 3.37. The van der Waals surface area contributed by atoms with Crippen molar-refractivity contribution in [3.05, 3.63) is 0 Å². The van der Waals surface area contributed by atoms with Crippen LogP contribution in [0.5, 0.6) is 0 Å². The molecule has 24 heavy (non-hydrogen) atoms. The summed E-state index contributed by atoms with van der Waals surface area (Å²) in [5, 5.41) is 10.4. The predicted molar refractivity (Wildman–Crippen MR) is 95.8 cm³/mol. The van der Waals surface area contributed by atoms with Crippen LogP contribution in [-0.2, 0) is 9.59 Å². The number of aliphatic hydroxyl groups is 1. The Balaban J connectivity index is 1.60. The van der Waals surface area contributed by atoms with E-state index in [1.807, 2.05) is 0 Å². The first kappa shape index (κ1) is 17.2. The number of Topliss-reactive ketones (excluding diaryl/α,β-unsaturated/α-hetero) is 2. The smallest absolute Gasteiger partial charge is 0.147 e. The van der Waals surface area contributed by atoms with E-state index >= 15 is 0 Å². The average molecular weight is 397 g/mol. The van der Waals surface area contributed by atoms with Gasteiger partial charge in [0.1, 0.15) is 11.6 Å². The van der Waals surface area contributed by atoms with Gasteiger partial charge < -0.3 is 5.11 Å². The second kappa shape index (κ2) is 6.19. The summed E-state index contributed by atoms with van der Waals surface area (Å²) in [4.78, 5) is 25.2. The second-order valence-corrected chi connectivity index (χ2v) is 9.68. The monoisotopic (exact) mass is 396 g/mol. The number of carbonyl (C=O) groups is 2. The first-order chi connectivity index (χ1) is 11.5. The third-order valence-electron chi connectivity index (χ3n) is 8.29. The Hall–Kier alpha value is -0.220. The normalized spacial score (nSPS) is 50.8. The highest BCUT2D eigenvalue weighted by molar-refractivity contribution is 9.09. The summed E-state index contributed by atoms with van der Waals surface area (Å²) in [5.41, 5.74) is 0.104. The Morgan fingerprint density at radius 1 is 1.17 bits per heavy atom. The molecule has 8 atom stereocenters. The molecule has 8 unspecified atom stereocenters. The molecule has 0 aromatic heterocycles. The molecule has 0 aromatic carbocycles. The largest absolute Gasteiger partial charge is 0.393 e. The molecule has 4 heteroatoms. The van der Waals surface area contributed by atoms with Crippen LogP contribution in [0.3, 0.4) is 0 Å². The summed E-state index contributed by atoms with van der Waals surface area (Å²) in [7, 11) is 0. The molecule has 4 rings (SSSR count). The molecule has 0 spiro atoms. The lowest BCUT2D eigenvalue weighted by atomic mass is 9.49. The van der Waals surface area contributed by atoms with E-state index in [1.165, 1.54) is 6.42 Å². The number of rotatable bonds is 2. The van der Waals surface area contributed by atoms with E-state index in [0.29, 0.717) is 53.4 Å². The van der Waals surface area contributed by atoms with Crippen molar-refractivity contribution < 1.29 is 14.7 Å². The zero-order chi connectivity index (χ0) is 17.1. The lowest BCUT2D eigenvalue weighted by molar-refractivity contribution is -0.145. The van der Waals surface area contributed by atoms with E-state index in [0.717, 1.165) is 32.1 Å². The summed E-state index contributed by atoms with van der Waals surface area (Å²) < 4.78 is 0. The Bertz CT molecular complexity index is 547. The van der Waals surface area contributed by atoms with Crippen molar-refractivity contribution in [1.29, 1.82) is 0 Å². The number of hydrogen-bond acceptors (Lipinski definition) is 3. The Morgan fingerprint density at radius 3 is 2.71 bits per heavy atom. The highest BCUT2D eigenvalue weighted by Crippen LogP contribution is 2.63. The fourth-order valence-electron chi connectivity index (χ4n) is 7.20. The zero-order valence-electron chi connectivity index (χ0n) is 14.5. The fraction of sp³-hybridized carbons (Fsp3) is 0.900.